The molecule has 1 amide bonds. The van der Waals surface area contributed by atoms with Crippen LogP contribution in [0.2, 0.25) is 0 Å². The average molecular weight is 290 g/mol. The summed E-state index contributed by atoms with van der Waals surface area (Å²) in [5, 5.41) is 2.85. The minimum absolute atomic E-state index is 0.130. The fourth-order valence-electron chi connectivity index (χ4n) is 1.95. The second-order valence-corrected chi connectivity index (χ2v) is 5.08. The molecule has 0 aliphatic heterocycles. The molecule has 4 nitrogen and oxygen atoms in total. The zero-order valence-corrected chi connectivity index (χ0v) is 13.5. The number of carbonyl (C=O) groups is 1. The molecule has 1 rings (SSSR count). The largest absolute Gasteiger partial charge is 0.490 e. The number of likely N-dealkylation sites (N-methyl/N-ethyl adjacent to an activating group) is 1. The smallest absolute Gasteiger partial charge is 0.248 e. The maximum absolute atomic E-state index is 11.8. The number of amides is 1. The molecule has 0 aliphatic carbocycles. The van der Waals surface area contributed by atoms with Gasteiger partial charge in [-0.15, -0.1) is 0 Å². The van der Waals surface area contributed by atoms with Crippen LogP contribution >= 0.6 is 0 Å². The summed E-state index contributed by atoms with van der Waals surface area (Å²) in [7, 11) is 0. The monoisotopic (exact) mass is 290 g/mol. The number of benzene rings is 1. The summed E-state index contributed by atoms with van der Waals surface area (Å²) in [4.78, 5) is 14.1. The molecule has 1 aromatic rings. The maximum atomic E-state index is 11.8. The molecule has 0 spiro atoms. The summed E-state index contributed by atoms with van der Waals surface area (Å²) in [5.74, 6) is 0.579. The van der Waals surface area contributed by atoms with E-state index in [0.717, 1.165) is 25.2 Å². The lowest BCUT2D eigenvalue weighted by atomic mass is 10.2. The predicted molar refractivity (Wildman–Crippen MR) is 87.8 cm³/mol. The highest BCUT2D eigenvalue weighted by molar-refractivity contribution is 6.00. The third-order valence-electron chi connectivity index (χ3n) is 3.12. The van der Waals surface area contributed by atoms with E-state index >= 15 is 0 Å². The van der Waals surface area contributed by atoms with Crippen LogP contribution in [-0.2, 0) is 4.79 Å². The van der Waals surface area contributed by atoms with E-state index in [0.29, 0.717) is 18.0 Å². The van der Waals surface area contributed by atoms with E-state index in [1.54, 1.807) is 6.08 Å². The van der Waals surface area contributed by atoms with Crippen molar-refractivity contribution in [2.45, 2.75) is 27.7 Å². The van der Waals surface area contributed by atoms with Crippen molar-refractivity contribution < 1.29 is 9.53 Å². The Morgan fingerprint density at radius 1 is 1.24 bits per heavy atom. The molecule has 116 valence electrons. The Kier molecular flexibility index (Phi) is 7.54. The van der Waals surface area contributed by atoms with Crippen molar-refractivity contribution in [1.82, 2.24) is 4.90 Å². The van der Waals surface area contributed by atoms with Crippen molar-refractivity contribution in [3.8, 4) is 5.75 Å². The number of para-hydroxylation sites is 2. The summed E-state index contributed by atoms with van der Waals surface area (Å²) in [6.45, 7) is 11.6. The number of anilines is 1. The highest BCUT2D eigenvalue weighted by Gasteiger charge is 2.06. The lowest BCUT2D eigenvalue weighted by Crippen LogP contribution is -2.28. The fourth-order valence-corrected chi connectivity index (χ4v) is 1.95. The lowest BCUT2D eigenvalue weighted by Gasteiger charge is -2.19. The molecule has 1 aromatic carbocycles. The Balaban J connectivity index is 2.63. The fraction of sp³-hybridized carbons (Fsp3) is 0.471. The van der Waals surface area contributed by atoms with Gasteiger partial charge in [0, 0.05) is 12.6 Å². The van der Waals surface area contributed by atoms with E-state index in [4.69, 9.17) is 4.74 Å². The van der Waals surface area contributed by atoms with Crippen LogP contribution in [0.25, 0.3) is 0 Å². The third-order valence-corrected chi connectivity index (χ3v) is 3.12. The summed E-state index contributed by atoms with van der Waals surface area (Å²) < 4.78 is 5.80. The van der Waals surface area contributed by atoms with Crippen molar-refractivity contribution in [2.24, 2.45) is 0 Å². The Bertz CT molecular complexity index is 475. The molecule has 1 N–H and O–H groups in total. The first-order chi connectivity index (χ1) is 10.1. The molecule has 0 heterocycles. The summed E-state index contributed by atoms with van der Waals surface area (Å²) in [6.07, 6.45) is 1.58. The van der Waals surface area contributed by atoms with E-state index in [9.17, 15) is 4.79 Å². The van der Waals surface area contributed by atoms with E-state index in [1.165, 1.54) is 0 Å². The molecule has 0 aliphatic rings. The summed E-state index contributed by atoms with van der Waals surface area (Å²) >= 11 is 0. The van der Waals surface area contributed by atoms with Crippen LogP contribution in [0.15, 0.2) is 35.9 Å². The second kappa shape index (κ2) is 9.19. The van der Waals surface area contributed by atoms with Crippen LogP contribution in [0, 0.1) is 0 Å². The second-order valence-electron chi connectivity index (χ2n) is 5.08. The normalized spacial score (nSPS) is 10.3. The van der Waals surface area contributed by atoms with Crippen molar-refractivity contribution in [3.05, 3.63) is 35.9 Å². The molecule has 0 saturated heterocycles. The Labute approximate surface area is 127 Å². The number of nitrogens with one attached hydrogen (secondary N) is 1. The van der Waals surface area contributed by atoms with Crippen molar-refractivity contribution in [1.29, 1.82) is 0 Å². The molecule has 0 aromatic heterocycles. The Hall–Kier alpha value is -1.81. The third kappa shape index (κ3) is 6.45. The van der Waals surface area contributed by atoms with Crippen LogP contribution in [-0.4, -0.2) is 37.0 Å². The van der Waals surface area contributed by atoms with Gasteiger partial charge in [-0.2, -0.15) is 0 Å². The van der Waals surface area contributed by atoms with Gasteiger partial charge in [0.1, 0.15) is 12.4 Å². The number of hydrogen-bond donors (Lipinski definition) is 1. The molecule has 4 heteroatoms. The summed E-state index contributed by atoms with van der Waals surface area (Å²) in [5.41, 5.74) is 1.67. The van der Waals surface area contributed by atoms with Crippen molar-refractivity contribution in [2.75, 3.05) is 31.6 Å². The number of hydrogen-bond acceptors (Lipinski definition) is 3. The number of allylic oxidation sites excluding steroid dienone is 1. The van der Waals surface area contributed by atoms with Crippen LogP contribution in [0.5, 0.6) is 5.75 Å². The Morgan fingerprint density at radius 2 is 1.90 bits per heavy atom. The minimum Gasteiger partial charge on any atom is -0.490 e. The first-order valence-corrected chi connectivity index (χ1v) is 7.46. The van der Waals surface area contributed by atoms with Crippen molar-refractivity contribution >= 4 is 11.6 Å². The maximum Gasteiger partial charge on any atom is 0.248 e. The van der Waals surface area contributed by atoms with Gasteiger partial charge in [0.05, 0.1) is 5.69 Å². The standard InChI is InChI=1S/C17H26N2O2/c1-5-19(6-2)11-12-21-16-10-8-7-9-15(16)18-17(20)13-14(3)4/h7-10,13H,5-6,11-12H2,1-4H3,(H,18,20). The zero-order valence-electron chi connectivity index (χ0n) is 13.5. The highest BCUT2D eigenvalue weighted by Crippen LogP contribution is 2.23. The average Bonchev–Trinajstić information content (AvgIpc) is 2.44. The van der Waals surface area contributed by atoms with E-state index in [-0.39, 0.29) is 5.91 Å². The molecule has 0 atom stereocenters. The van der Waals surface area contributed by atoms with Gasteiger partial charge in [-0.05, 0) is 39.1 Å². The Morgan fingerprint density at radius 3 is 2.52 bits per heavy atom. The quantitative estimate of drug-likeness (QED) is 0.747. The molecule has 21 heavy (non-hydrogen) atoms. The van der Waals surface area contributed by atoms with Gasteiger partial charge in [0.15, 0.2) is 0 Å². The number of nitrogens with zero attached hydrogens (tertiary/aromatic N) is 1. The van der Waals surface area contributed by atoms with Gasteiger partial charge in [0.25, 0.3) is 0 Å². The first kappa shape index (κ1) is 17.2. The number of ether oxygens (including phenoxy) is 1. The topological polar surface area (TPSA) is 41.6 Å². The van der Waals surface area contributed by atoms with Gasteiger partial charge in [-0.25, -0.2) is 0 Å². The first-order valence-electron chi connectivity index (χ1n) is 7.46. The highest BCUT2D eigenvalue weighted by atomic mass is 16.5. The van der Waals surface area contributed by atoms with Crippen LogP contribution < -0.4 is 10.1 Å². The van der Waals surface area contributed by atoms with Gasteiger partial charge in [-0.3, -0.25) is 4.79 Å². The van der Waals surface area contributed by atoms with E-state index in [1.807, 2.05) is 38.1 Å². The van der Waals surface area contributed by atoms with Gasteiger partial charge >= 0.3 is 0 Å². The van der Waals surface area contributed by atoms with Crippen LogP contribution in [0.1, 0.15) is 27.7 Å². The number of rotatable bonds is 8. The van der Waals surface area contributed by atoms with Gasteiger partial charge in [-0.1, -0.05) is 31.6 Å². The van der Waals surface area contributed by atoms with Crippen LogP contribution in [0.4, 0.5) is 5.69 Å². The van der Waals surface area contributed by atoms with Gasteiger partial charge in [0.2, 0.25) is 5.91 Å². The van der Waals surface area contributed by atoms with Gasteiger partial charge < -0.3 is 15.0 Å². The SMILES string of the molecule is CCN(CC)CCOc1ccccc1NC(=O)C=C(C)C. The summed E-state index contributed by atoms with van der Waals surface area (Å²) in [6, 6.07) is 7.52. The minimum atomic E-state index is -0.130. The molecule has 0 bridgehead atoms. The molecule has 0 unspecified atom stereocenters. The van der Waals surface area contributed by atoms with E-state index in [2.05, 4.69) is 24.1 Å². The van der Waals surface area contributed by atoms with Crippen molar-refractivity contribution in [3.63, 3.8) is 0 Å². The predicted octanol–water partition coefficient (Wildman–Crippen LogP) is 3.31. The molecular formula is C17H26N2O2. The molecule has 0 radical (unpaired) electrons. The molecule has 0 fully saturated rings. The molecular weight excluding hydrogens is 264 g/mol. The van der Waals surface area contributed by atoms with Crippen LogP contribution in [0.3, 0.4) is 0 Å². The zero-order chi connectivity index (χ0) is 15.7. The lowest BCUT2D eigenvalue weighted by molar-refractivity contribution is -0.112. The molecule has 0 saturated carbocycles. The van der Waals surface area contributed by atoms with E-state index < -0.39 is 0 Å². The number of carbonyl (C=O) groups excluding carboxylic acids is 1.